The van der Waals surface area contributed by atoms with Crippen molar-refractivity contribution >= 4 is 18.1 Å². The van der Waals surface area contributed by atoms with Gasteiger partial charge in [-0.15, -0.1) is 0 Å². The van der Waals surface area contributed by atoms with Crippen molar-refractivity contribution in [3.63, 3.8) is 0 Å². The van der Waals surface area contributed by atoms with E-state index in [1.807, 2.05) is 0 Å². The third-order valence-electron chi connectivity index (χ3n) is 6.89. The Morgan fingerprint density at radius 3 is 2.46 bits per heavy atom. The SMILES string of the molecule is O=C(NCCn1c(C2CC2)n[nH]c1=S)C1C2CC3CC(C2)CC1C3. The molecule has 130 valence electrons. The first-order chi connectivity index (χ1) is 11.7. The third kappa shape index (κ3) is 2.54. The summed E-state index contributed by atoms with van der Waals surface area (Å²) in [4.78, 5) is 12.8. The molecular formula is C18H26N4OS. The fourth-order valence-electron chi connectivity index (χ4n) is 5.96. The van der Waals surface area contributed by atoms with Crippen LogP contribution in [-0.4, -0.2) is 27.2 Å². The summed E-state index contributed by atoms with van der Waals surface area (Å²) in [5.74, 6) is 5.36. The van der Waals surface area contributed by atoms with Crippen LogP contribution in [0, 0.1) is 34.4 Å². The Bertz CT molecular complexity index is 676. The molecule has 6 rings (SSSR count). The summed E-state index contributed by atoms with van der Waals surface area (Å²) in [6.07, 6.45) is 9.03. The summed E-state index contributed by atoms with van der Waals surface area (Å²) in [6.45, 7) is 1.40. The molecule has 1 heterocycles. The van der Waals surface area contributed by atoms with Crippen molar-refractivity contribution in [3.8, 4) is 0 Å². The lowest BCUT2D eigenvalue weighted by atomic mass is 9.51. The zero-order chi connectivity index (χ0) is 16.3. The van der Waals surface area contributed by atoms with Gasteiger partial charge in [0.25, 0.3) is 0 Å². The van der Waals surface area contributed by atoms with Gasteiger partial charge >= 0.3 is 0 Å². The van der Waals surface area contributed by atoms with Crippen LogP contribution in [0.3, 0.4) is 0 Å². The predicted octanol–water partition coefficient (Wildman–Crippen LogP) is 3.01. The first kappa shape index (κ1) is 15.1. The molecule has 1 aromatic heterocycles. The van der Waals surface area contributed by atoms with Crippen molar-refractivity contribution in [1.29, 1.82) is 0 Å². The average molecular weight is 347 g/mol. The number of aromatic nitrogens is 3. The van der Waals surface area contributed by atoms with E-state index in [0.717, 1.165) is 24.2 Å². The minimum atomic E-state index is 0.276. The van der Waals surface area contributed by atoms with Crippen molar-refractivity contribution in [2.75, 3.05) is 6.54 Å². The highest BCUT2D eigenvalue weighted by Gasteiger charge is 2.50. The summed E-state index contributed by atoms with van der Waals surface area (Å²) < 4.78 is 2.75. The second-order valence-corrected chi connectivity index (χ2v) is 8.95. The van der Waals surface area contributed by atoms with E-state index >= 15 is 0 Å². The molecule has 0 spiro atoms. The zero-order valence-electron chi connectivity index (χ0n) is 14.0. The molecule has 5 aliphatic rings. The van der Waals surface area contributed by atoms with E-state index in [0.29, 0.717) is 35.0 Å². The highest BCUT2D eigenvalue weighted by atomic mass is 32.1. The Balaban J connectivity index is 1.21. The normalized spacial score (nSPS) is 36.9. The molecule has 0 saturated heterocycles. The van der Waals surface area contributed by atoms with Crippen LogP contribution in [0.25, 0.3) is 0 Å². The van der Waals surface area contributed by atoms with Crippen molar-refractivity contribution in [3.05, 3.63) is 10.6 Å². The fraction of sp³-hybridized carbons (Fsp3) is 0.833. The van der Waals surface area contributed by atoms with Gasteiger partial charge in [-0.25, -0.2) is 0 Å². The number of nitrogens with one attached hydrogen (secondary N) is 2. The van der Waals surface area contributed by atoms with Gasteiger partial charge in [-0.1, -0.05) is 0 Å². The highest BCUT2D eigenvalue weighted by Crippen LogP contribution is 2.56. The predicted molar refractivity (Wildman–Crippen MR) is 92.9 cm³/mol. The minimum absolute atomic E-state index is 0.276. The number of carbonyl (C=O) groups excluding carboxylic acids is 1. The van der Waals surface area contributed by atoms with Crippen LogP contribution in [-0.2, 0) is 11.3 Å². The topological polar surface area (TPSA) is 62.7 Å². The second kappa shape index (κ2) is 5.68. The number of nitrogens with zero attached hydrogens (tertiary/aromatic N) is 2. The third-order valence-corrected chi connectivity index (χ3v) is 7.21. The molecule has 0 aliphatic heterocycles. The maximum atomic E-state index is 12.8. The van der Waals surface area contributed by atoms with Gasteiger partial charge in [0.05, 0.1) is 0 Å². The van der Waals surface area contributed by atoms with Gasteiger partial charge < -0.3 is 9.88 Å². The monoisotopic (exact) mass is 346 g/mol. The van der Waals surface area contributed by atoms with Crippen molar-refractivity contribution in [2.24, 2.45) is 29.6 Å². The Morgan fingerprint density at radius 1 is 1.17 bits per heavy atom. The number of amides is 1. The summed E-state index contributed by atoms with van der Waals surface area (Å²) in [5, 5.41) is 10.5. The van der Waals surface area contributed by atoms with Crippen LogP contribution in [0.5, 0.6) is 0 Å². The second-order valence-electron chi connectivity index (χ2n) is 8.56. The molecule has 0 aromatic carbocycles. The van der Waals surface area contributed by atoms with Crippen LogP contribution >= 0.6 is 12.2 Å². The van der Waals surface area contributed by atoms with Gasteiger partial charge in [-0.2, -0.15) is 5.10 Å². The van der Waals surface area contributed by atoms with Crippen molar-refractivity contribution in [1.82, 2.24) is 20.1 Å². The molecular weight excluding hydrogens is 320 g/mol. The largest absolute Gasteiger partial charge is 0.354 e. The van der Waals surface area contributed by atoms with Gasteiger partial charge in [-0.05, 0) is 80.8 Å². The average Bonchev–Trinajstić information content (AvgIpc) is 3.31. The van der Waals surface area contributed by atoms with Gasteiger partial charge in [0.2, 0.25) is 5.91 Å². The number of rotatable bonds is 5. The van der Waals surface area contributed by atoms with Crippen LogP contribution in [0.4, 0.5) is 0 Å². The molecule has 0 radical (unpaired) electrons. The molecule has 1 aromatic rings. The zero-order valence-corrected chi connectivity index (χ0v) is 14.9. The Morgan fingerprint density at radius 2 is 1.83 bits per heavy atom. The van der Waals surface area contributed by atoms with E-state index in [9.17, 15) is 4.79 Å². The summed E-state index contributed by atoms with van der Waals surface area (Å²) in [5.41, 5.74) is 0. The van der Waals surface area contributed by atoms with Crippen molar-refractivity contribution < 1.29 is 4.79 Å². The smallest absolute Gasteiger partial charge is 0.223 e. The molecule has 5 fully saturated rings. The fourth-order valence-corrected chi connectivity index (χ4v) is 6.19. The molecule has 5 saturated carbocycles. The lowest BCUT2D eigenvalue weighted by Gasteiger charge is -2.53. The molecule has 5 nitrogen and oxygen atoms in total. The quantitative estimate of drug-likeness (QED) is 0.806. The number of aromatic amines is 1. The first-order valence-corrected chi connectivity index (χ1v) is 10.0. The first-order valence-electron chi connectivity index (χ1n) is 9.62. The molecule has 24 heavy (non-hydrogen) atoms. The van der Waals surface area contributed by atoms with Gasteiger partial charge in [0, 0.05) is 24.9 Å². The van der Waals surface area contributed by atoms with Gasteiger partial charge in [0.15, 0.2) is 4.77 Å². The van der Waals surface area contributed by atoms with Crippen LogP contribution < -0.4 is 5.32 Å². The van der Waals surface area contributed by atoms with E-state index in [1.54, 1.807) is 0 Å². The summed E-state index contributed by atoms with van der Waals surface area (Å²) in [7, 11) is 0. The molecule has 0 atom stereocenters. The van der Waals surface area contributed by atoms with Gasteiger partial charge in [0.1, 0.15) is 5.82 Å². The Labute approximate surface area is 147 Å². The molecule has 1 amide bonds. The van der Waals surface area contributed by atoms with E-state index in [1.165, 1.54) is 44.9 Å². The number of H-pyrrole nitrogens is 1. The van der Waals surface area contributed by atoms with E-state index < -0.39 is 0 Å². The maximum absolute atomic E-state index is 12.8. The van der Waals surface area contributed by atoms with Crippen molar-refractivity contribution in [2.45, 2.75) is 57.4 Å². The van der Waals surface area contributed by atoms with E-state index in [-0.39, 0.29) is 5.92 Å². The standard InChI is InChI=1S/C18H26N4OS/c23-17(15-13-6-10-5-11(8-13)9-14(15)7-10)19-3-4-22-16(12-1-2-12)20-21-18(22)24/h10-15H,1-9H2,(H,19,23)(H,21,24). The lowest BCUT2D eigenvalue weighted by molar-refractivity contribution is -0.138. The molecule has 4 bridgehead atoms. The number of hydrogen-bond donors (Lipinski definition) is 2. The molecule has 6 heteroatoms. The van der Waals surface area contributed by atoms with E-state index in [2.05, 4.69) is 20.1 Å². The molecule has 0 unspecified atom stereocenters. The number of hydrogen-bond acceptors (Lipinski definition) is 3. The summed E-state index contributed by atoms with van der Waals surface area (Å²) >= 11 is 5.34. The maximum Gasteiger partial charge on any atom is 0.223 e. The molecule has 2 N–H and O–H groups in total. The number of carbonyl (C=O) groups is 1. The van der Waals surface area contributed by atoms with E-state index in [4.69, 9.17) is 12.2 Å². The molecule has 5 aliphatic carbocycles. The summed E-state index contributed by atoms with van der Waals surface area (Å²) in [6, 6.07) is 0. The Hall–Kier alpha value is -1.17. The lowest BCUT2D eigenvalue weighted by Crippen LogP contribution is -2.51. The Kier molecular flexibility index (Phi) is 3.58. The van der Waals surface area contributed by atoms with Gasteiger partial charge in [-0.3, -0.25) is 9.89 Å². The van der Waals surface area contributed by atoms with Crippen LogP contribution in [0.1, 0.15) is 56.7 Å². The highest BCUT2D eigenvalue weighted by molar-refractivity contribution is 7.71. The van der Waals surface area contributed by atoms with Crippen LogP contribution in [0.2, 0.25) is 0 Å². The van der Waals surface area contributed by atoms with Crippen LogP contribution in [0.15, 0.2) is 0 Å². The minimum Gasteiger partial charge on any atom is -0.354 e.